The maximum absolute atomic E-state index is 12.5. The molecule has 3 aliphatic carbocycles. The third kappa shape index (κ3) is 4.24. The molecule has 28 heavy (non-hydrogen) atoms. The van der Waals surface area contributed by atoms with Crippen molar-refractivity contribution in [3.05, 3.63) is 33.0 Å². The summed E-state index contributed by atoms with van der Waals surface area (Å²) in [5.41, 5.74) is 5.85. The van der Waals surface area contributed by atoms with Gasteiger partial charge in [-0.15, -0.1) is 0 Å². The number of hydrogen-bond acceptors (Lipinski definition) is 4. The summed E-state index contributed by atoms with van der Waals surface area (Å²) < 4.78 is 28.5. The zero-order valence-electron chi connectivity index (χ0n) is 16.5. The Hall–Kier alpha value is 0.0364. The maximum Gasteiger partial charge on any atom is 1.00 e. The van der Waals surface area contributed by atoms with Gasteiger partial charge in [0.25, 0.3) is 0 Å². The molecule has 0 bridgehead atoms. The number of likely N-dealkylation sites (tertiary alicyclic amines) is 1. The average Bonchev–Trinajstić information content (AvgIpc) is 3.05. The van der Waals surface area contributed by atoms with Gasteiger partial charge in [-0.2, -0.15) is 0 Å². The molecule has 4 aliphatic rings. The molecule has 0 unspecified atom stereocenters. The van der Waals surface area contributed by atoms with Crippen LogP contribution in [-0.4, -0.2) is 44.2 Å². The van der Waals surface area contributed by atoms with Gasteiger partial charge in [-0.3, -0.25) is 4.79 Å². The Balaban J connectivity index is 0.00000192. The molecule has 0 aromatic heterocycles. The van der Waals surface area contributed by atoms with Crippen molar-refractivity contribution < 1.29 is 64.6 Å². The molecular weight excluding hydrogens is 401 g/mol. The van der Waals surface area contributed by atoms with Crippen molar-refractivity contribution in [1.29, 1.82) is 0 Å². The number of benzene rings is 1. The van der Waals surface area contributed by atoms with Gasteiger partial charge in [0, 0.05) is 19.6 Å². The van der Waals surface area contributed by atoms with E-state index in [2.05, 4.69) is 21.0 Å². The summed E-state index contributed by atoms with van der Waals surface area (Å²) in [6.07, 6.45) is 8.68. The van der Waals surface area contributed by atoms with E-state index in [0.717, 1.165) is 56.7 Å². The van der Waals surface area contributed by atoms with E-state index in [4.69, 9.17) is 0 Å². The number of carbonyl (C=O) groups excluding carboxylic acids is 1. The quantitative estimate of drug-likeness (QED) is 0.671. The number of urea groups is 1. The second-order valence-corrected chi connectivity index (χ2v) is 10.4. The number of nitrogens with zero attached hydrogens (tertiary/aromatic N) is 2. The molecular formula is C20H26KN3O3S. The summed E-state index contributed by atoms with van der Waals surface area (Å²) in [5.74, 6) is 0.746. The number of sulfonamides is 1. The largest absolute Gasteiger partial charge is 1.00 e. The topological polar surface area (TPSA) is 80.6 Å². The van der Waals surface area contributed by atoms with Crippen LogP contribution in [0.25, 0.3) is 4.72 Å². The van der Waals surface area contributed by atoms with Gasteiger partial charge in [0.15, 0.2) is 16.1 Å². The van der Waals surface area contributed by atoms with Gasteiger partial charge in [-0.05, 0) is 85.2 Å². The van der Waals surface area contributed by atoms with Crippen LogP contribution in [0.3, 0.4) is 0 Å². The van der Waals surface area contributed by atoms with E-state index in [0.29, 0.717) is 13.1 Å². The first-order valence-corrected chi connectivity index (χ1v) is 11.7. The van der Waals surface area contributed by atoms with Crippen LogP contribution in [0.2, 0.25) is 0 Å². The molecule has 1 heterocycles. The third-order valence-electron chi connectivity index (χ3n) is 6.47. The minimum absolute atomic E-state index is 0. The molecule has 2 amide bonds. The summed E-state index contributed by atoms with van der Waals surface area (Å²) in [4.78, 5) is 14.6. The monoisotopic (exact) mass is 427 g/mol. The summed E-state index contributed by atoms with van der Waals surface area (Å²) in [6, 6.07) is 1.56. The van der Waals surface area contributed by atoms with Gasteiger partial charge in [0.05, 0.1) is 5.25 Å². The van der Waals surface area contributed by atoms with Crippen LogP contribution in [0.4, 0.5) is 10.5 Å². The molecule has 1 saturated heterocycles. The molecule has 0 spiro atoms. The van der Waals surface area contributed by atoms with Gasteiger partial charge >= 0.3 is 51.4 Å². The normalized spacial score (nSPS) is 21.4. The van der Waals surface area contributed by atoms with Gasteiger partial charge < -0.3 is 14.9 Å². The minimum Gasteiger partial charge on any atom is -0.423 e. The molecule has 146 valence electrons. The minimum atomic E-state index is -3.75. The predicted molar refractivity (Wildman–Crippen MR) is 105 cm³/mol. The molecule has 1 aliphatic heterocycles. The predicted octanol–water partition coefficient (Wildman–Crippen LogP) is -0.00240. The van der Waals surface area contributed by atoms with Crippen LogP contribution in [0.5, 0.6) is 0 Å². The van der Waals surface area contributed by atoms with E-state index in [9.17, 15) is 13.2 Å². The molecule has 5 rings (SSSR count). The van der Waals surface area contributed by atoms with E-state index in [1.807, 2.05) is 0 Å². The van der Waals surface area contributed by atoms with Crippen molar-refractivity contribution in [2.24, 2.45) is 5.92 Å². The van der Waals surface area contributed by atoms with Gasteiger partial charge in [-0.25, -0.2) is 8.42 Å². The number of nitrogens with one attached hydrogen (secondary N) is 1. The second-order valence-electron chi connectivity index (χ2n) is 8.55. The summed E-state index contributed by atoms with van der Waals surface area (Å²) >= 11 is 0. The first-order valence-electron chi connectivity index (χ1n) is 10.2. The van der Waals surface area contributed by atoms with Gasteiger partial charge in [-0.1, -0.05) is 6.07 Å². The van der Waals surface area contributed by atoms with Crippen molar-refractivity contribution >= 4 is 21.7 Å². The van der Waals surface area contributed by atoms with Crippen LogP contribution < -0.4 is 56.7 Å². The SMILES string of the molecule is O=C([N-]S(=O)(=O)C1CN(CC2CC2)C1)Nc1c2c(cc3c1CCC3)CCC2.[K+]. The molecule has 1 saturated carbocycles. The van der Waals surface area contributed by atoms with E-state index >= 15 is 0 Å². The molecule has 2 fully saturated rings. The molecule has 0 radical (unpaired) electrons. The van der Waals surface area contributed by atoms with Crippen molar-refractivity contribution in [2.45, 2.75) is 56.6 Å². The number of carbonyl (C=O) groups is 1. The fraction of sp³-hybridized carbons (Fsp3) is 0.650. The van der Waals surface area contributed by atoms with Crippen molar-refractivity contribution in [1.82, 2.24) is 4.90 Å². The zero-order valence-corrected chi connectivity index (χ0v) is 20.5. The number of anilines is 1. The fourth-order valence-electron chi connectivity index (χ4n) is 4.81. The van der Waals surface area contributed by atoms with E-state index < -0.39 is 21.3 Å². The molecule has 6 nitrogen and oxygen atoms in total. The maximum atomic E-state index is 12.5. The first-order chi connectivity index (χ1) is 13.0. The summed E-state index contributed by atoms with van der Waals surface area (Å²) in [7, 11) is -3.75. The summed E-state index contributed by atoms with van der Waals surface area (Å²) in [5, 5.41) is 2.32. The Morgan fingerprint density at radius 2 is 1.68 bits per heavy atom. The van der Waals surface area contributed by atoms with Crippen molar-refractivity contribution in [3.63, 3.8) is 0 Å². The van der Waals surface area contributed by atoms with Crippen molar-refractivity contribution in [2.75, 3.05) is 25.0 Å². The molecule has 8 heteroatoms. The first kappa shape index (κ1) is 21.3. The van der Waals surface area contributed by atoms with Crippen molar-refractivity contribution in [3.8, 4) is 0 Å². The molecule has 1 aromatic carbocycles. The number of aryl methyl sites for hydroxylation is 2. The van der Waals surface area contributed by atoms with Crippen LogP contribution in [0.15, 0.2) is 6.07 Å². The smallest absolute Gasteiger partial charge is 0.423 e. The number of amides is 2. The molecule has 1 aromatic rings. The fourth-order valence-corrected chi connectivity index (χ4v) is 6.04. The Labute approximate surface area is 209 Å². The number of hydrogen-bond donors (Lipinski definition) is 1. The van der Waals surface area contributed by atoms with E-state index in [1.165, 1.54) is 35.1 Å². The third-order valence-corrected chi connectivity index (χ3v) is 8.03. The summed E-state index contributed by atoms with van der Waals surface area (Å²) in [6.45, 7) is 2.00. The number of rotatable bonds is 5. The van der Waals surface area contributed by atoms with Crippen LogP contribution in [0, 0.1) is 5.92 Å². The van der Waals surface area contributed by atoms with Crippen LogP contribution >= 0.6 is 0 Å². The Morgan fingerprint density at radius 1 is 1.07 bits per heavy atom. The Bertz CT molecular complexity index is 860. The molecule has 0 atom stereocenters. The number of fused-ring (bicyclic) bond motifs is 2. The zero-order chi connectivity index (χ0) is 18.6. The standard InChI is InChI=1S/C20H27N3O3S.K/c24-20(22-27(25,26)16-11-23(12-16)10-13-7-8-13)21-19-17-5-1-3-14(17)9-15-4-2-6-18(15)19;/h9,13,16H,1-8,10-12H2,(H2,21,22,24);/q;+1/p-1. The van der Waals surface area contributed by atoms with Gasteiger partial charge in [0.1, 0.15) is 0 Å². The van der Waals surface area contributed by atoms with Crippen LogP contribution in [-0.2, 0) is 35.7 Å². The van der Waals surface area contributed by atoms with Gasteiger partial charge in [0.2, 0.25) is 0 Å². The molecule has 1 N–H and O–H groups in total. The average molecular weight is 428 g/mol. The van der Waals surface area contributed by atoms with E-state index in [1.54, 1.807) is 0 Å². The van der Waals surface area contributed by atoms with E-state index in [-0.39, 0.29) is 51.4 Å². The van der Waals surface area contributed by atoms with Crippen LogP contribution in [0.1, 0.15) is 47.9 Å². The Kier molecular flexibility index (Phi) is 6.29. The second kappa shape index (κ2) is 8.28. The Morgan fingerprint density at radius 3 is 2.25 bits per heavy atom.